The molecule has 2 aliphatic rings. The van der Waals surface area contributed by atoms with E-state index >= 15 is 0 Å². The van der Waals surface area contributed by atoms with Gasteiger partial charge in [0.2, 0.25) is 5.91 Å². The average molecular weight is 289 g/mol. The van der Waals surface area contributed by atoms with Gasteiger partial charge in [-0.2, -0.15) is 0 Å². The maximum atomic E-state index is 12.1. The van der Waals surface area contributed by atoms with Crippen molar-refractivity contribution in [1.82, 2.24) is 15.5 Å². The first-order chi connectivity index (χ1) is 8.80. The molecular formula is C12H23N3O3S. The molecule has 6 nitrogen and oxygen atoms in total. The molecule has 0 aliphatic carbocycles. The number of sulfone groups is 1. The van der Waals surface area contributed by atoms with Crippen LogP contribution in [0, 0.1) is 0 Å². The van der Waals surface area contributed by atoms with Gasteiger partial charge in [0.15, 0.2) is 9.84 Å². The van der Waals surface area contributed by atoms with Crippen molar-refractivity contribution < 1.29 is 13.2 Å². The van der Waals surface area contributed by atoms with Gasteiger partial charge in [0.05, 0.1) is 23.6 Å². The van der Waals surface area contributed by atoms with E-state index < -0.39 is 15.4 Å². The minimum atomic E-state index is -2.98. The number of hydrogen-bond acceptors (Lipinski definition) is 5. The van der Waals surface area contributed by atoms with Crippen LogP contribution in [0.25, 0.3) is 0 Å². The lowest BCUT2D eigenvalue weighted by molar-refractivity contribution is -0.124. The molecule has 2 N–H and O–H groups in total. The van der Waals surface area contributed by atoms with E-state index in [1.54, 1.807) is 0 Å². The first-order valence-corrected chi connectivity index (χ1v) is 8.58. The Morgan fingerprint density at radius 3 is 2.84 bits per heavy atom. The van der Waals surface area contributed by atoms with E-state index in [1.165, 1.54) is 0 Å². The number of piperazine rings is 1. The van der Waals surface area contributed by atoms with E-state index in [9.17, 15) is 13.2 Å². The third-order valence-corrected chi connectivity index (χ3v) is 5.83. The molecule has 0 aromatic rings. The molecule has 2 rings (SSSR count). The Morgan fingerprint density at radius 2 is 2.26 bits per heavy atom. The molecular weight excluding hydrogens is 266 g/mol. The normalized spacial score (nSPS) is 35.2. The summed E-state index contributed by atoms with van der Waals surface area (Å²) in [6.45, 7) is 6.88. The lowest BCUT2D eigenvalue weighted by atomic mass is 10.0. The Kier molecular flexibility index (Phi) is 4.17. The Labute approximate surface area is 114 Å². The van der Waals surface area contributed by atoms with E-state index in [-0.39, 0.29) is 17.4 Å². The van der Waals surface area contributed by atoms with Gasteiger partial charge < -0.3 is 10.6 Å². The third kappa shape index (κ3) is 3.90. The zero-order valence-corrected chi connectivity index (χ0v) is 12.4. The van der Waals surface area contributed by atoms with Crippen molar-refractivity contribution in [2.45, 2.75) is 31.8 Å². The van der Waals surface area contributed by atoms with Crippen molar-refractivity contribution in [2.24, 2.45) is 0 Å². The van der Waals surface area contributed by atoms with Crippen LogP contribution in [0.4, 0.5) is 0 Å². The van der Waals surface area contributed by atoms with Gasteiger partial charge in [-0.1, -0.05) is 0 Å². The monoisotopic (exact) mass is 289 g/mol. The molecule has 2 aliphatic heterocycles. The smallest absolute Gasteiger partial charge is 0.234 e. The third-order valence-electron chi connectivity index (χ3n) is 3.93. The summed E-state index contributed by atoms with van der Waals surface area (Å²) in [5.74, 6) is 0.157. The zero-order chi connectivity index (χ0) is 14.1. The van der Waals surface area contributed by atoms with Crippen LogP contribution in [-0.2, 0) is 14.6 Å². The van der Waals surface area contributed by atoms with Crippen molar-refractivity contribution in [3.8, 4) is 0 Å². The van der Waals surface area contributed by atoms with Crippen LogP contribution in [-0.4, -0.2) is 68.5 Å². The van der Waals surface area contributed by atoms with Gasteiger partial charge in [-0.15, -0.1) is 0 Å². The predicted molar refractivity (Wildman–Crippen MR) is 73.7 cm³/mol. The maximum Gasteiger partial charge on any atom is 0.234 e. The maximum absolute atomic E-state index is 12.1. The van der Waals surface area contributed by atoms with E-state index in [2.05, 4.69) is 22.5 Å². The number of nitrogens with zero attached hydrogens (tertiary/aromatic N) is 1. The molecule has 7 heteroatoms. The van der Waals surface area contributed by atoms with Crippen LogP contribution in [0.1, 0.15) is 20.3 Å². The van der Waals surface area contributed by atoms with Crippen molar-refractivity contribution in [1.29, 1.82) is 0 Å². The molecule has 0 bridgehead atoms. The molecule has 19 heavy (non-hydrogen) atoms. The largest absolute Gasteiger partial charge is 0.349 e. The van der Waals surface area contributed by atoms with E-state index in [4.69, 9.17) is 0 Å². The van der Waals surface area contributed by atoms with E-state index in [1.807, 2.05) is 6.92 Å². The summed E-state index contributed by atoms with van der Waals surface area (Å²) in [5, 5.41) is 6.17. The van der Waals surface area contributed by atoms with Crippen molar-refractivity contribution in [2.75, 3.05) is 37.7 Å². The minimum absolute atomic E-state index is 0.0584. The minimum Gasteiger partial charge on any atom is -0.349 e. The molecule has 0 aromatic carbocycles. The molecule has 0 saturated carbocycles. The second-order valence-corrected chi connectivity index (χ2v) is 8.16. The molecule has 1 amide bonds. The highest BCUT2D eigenvalue weighted by molar-refractivity contribution is 7.91. The molecule has 2 fully saturated rings. The fourth-order valence-corrected chi connectivity index (χ4v) is 4.88. The molecule has 110 valence electrons. The van der Waals surface area contributed by atoms with Crippen molar-refractivity contribution >= 4 is 15.7 Å². The lowest BCUT2D eigenvalue weighted by Crippen LogP contribution is -2.55. The SMILES string of the molecule is CC1CNCCN1CC(=O)NC1(C)CCS(=O)(=O)C1. The van der Waals surface area contributed by atoms with Gasteiger partial charge in [-0.05, 0) is 20.3 Å². The lowest BCUT2D eigenvalue weighted by Gasteiger charge is -2.34. The van der Waals surface area contributed by atoms with Gasteiger partial charge in [0.25, 0.3) is 0 Å². The van der Waals surface area contributed by atoms with Crippen LogP contribution in [0.15, 0.2) is 0 Å². The van der Waals surface area contributed by atoms with Crippen LogP contribution >= 0.6 is 0 Å². The Morgan fingerprint density at radius 1 is 1.53 bits per heavy atom. The molecule has 0 radical (unpaired) electrons. The highest BCUT2D eigenvalue weighted by Gasteiger charge is 2.39. The summed E-state index contributed by atoms with van der Waals surface area (Å²) in [6.07, 6.45) is 0.512. The van der Waals surface area contributed by atoms with Crippen LogP contribution in [0.2, 0.25) is 0 Å². The Balaban J connectivity index is 1.87. The van der Waals surface area contributed by atoms with Crippen LogP contribution < -0.4 is 10.6 Å². The standard InChI is InChI=1S/C12H23N3O3S/c1-10-7-13-4-5-15(10)8-11(16)14-12(2)3-6-19(17,18)9-12/h10,13H,3-9H2,1-2H3,(H,14,16). The molecule has 2 saturated heterocycles. The number of nitrogens with one attached hydrogen (secondary N) is 2. The highest BCUT2D eigenvalue weighted by Crippen LogP contribution is 2.22. The second-order valence-electron chi connectivity index (χ2n) is 5.97. The summed E-state index contributed by atoms with van der Waals surface area (Å²) in [7, 11) is -2.98. The van der Waals surface area contributed by atoms with Gasteiger partial charge in [0, 0.05) is 25.7 Å². The molecule has 2 heterocycles. The van der Waals surface area contributed by atoms with Crippen molar-refractivity contribution in [3.63, 3.8) is 0 Å². The van der Waals surface area contributed by atoms with Gasteiger partial charge in [0.1, 0.15) is 0 Å². The van der Waals surface area contributed by atoms with Gasteiger partial charge in [-0.25, -0.2) is 8.42 Å². The first-order valence-electron chi connectivity index (χ1n) is 6.76. The number of amides is 1. The second kappa shape index (κ2) is 5.38. The predicted octanol–water partition coefficient (Wildman–Crippen LogP) is -1.03. The number of carbonyl (C=O) groups is 1. The molecule has 2 unspecified atom stereocenters. The summed E-state index contributed by atoms with van der Waals surface area (Å²) >= 11 is 0. The van der Waals surface area contributed by atoms with Crippen LogP contribution in [0.3, 0.4) is 0 Å². The number of rotatable bonds is 3. The summed E-state index contributed by atoms with van der Waals surface area (Å²) in [5.41, 5.74) is -0.590. The summed E-state index contributed by atoms with van der Waals surface area (Å²) in [6, 6.07) is 0.333. The molecule has 0 aromatic heterocycles. The quantitative estimate of drug-likeness (QED) is 0.695. The highest BCUT2D eigenvalue weighted by atomic mass is 32.2. The first kappa shape index (κ1) is 14.7. The van der Waals surface area contributed by atoms with Crippen molar-refractivity contribution in [3.05, 3.63) is 0 Å². The Hall–Kier alpha value is -0.660. The summed E-state index contributed by atoms with van der Waals surface area (Å²) < 4.78 is 23.0. The summed E-state index contributed by atoms with van der Waals surface area (Å²) in [4.78, 5) is 14.2. The average Bonchev–Trinajstić information content (AvgIpc) is 2.56. The molecule has 2 atom stereocenters. The van der Waals surface area contributed by atoms with Gasteiger partial charge >= 0.3 is 0 Å². The zero-order valence-electron chi connectivity index (χ0n) is 11.6. The fourth-order valence-electron chi connectivity index (χ4n) is 2.79. The topological polar surface area (TPSA) is 78.5 Å². The number of carbonyl (C=O) groups excluding carboxylic acids is 1. The van der Waals surface area contributed by atoms with Gasteiger partial charge in [-0.3, -0.25) is 9.69 Å². The van der Waals surface area contributed by atoms with Crippen LogP contribution in [0.5, 0.6) is 0 Å². The Bertz CT molecular complexity index is 451. The number of hydrogen-bond donors (Lipinski definition) is 2. The van der Waals surface area contributed by atoms with E-state index in [0.29, 0.717) is 19.0 Å². The fraction of sp³-hybridized carbons (Fsp3) is 0.917. The van der Waals surface area contributed by atoms with E-state index in [0.717, 1.165) is 19.6 Å². The molecule has 0 spiro atoms.